The van der Waals surface area contributed by atoms with Crippen LogP contribution in [0.2, 0.25) is 0 Å². The van der Waals surface area contributed by atoms with E-state index >= 15 is 0 Å². The predicted molar refractivity (Wildman–Crippen MR) is 136 cm³/mol. The molecule has 4 unspecified atom stereocenters. The van der Waals surface area contributed by atoms with Gasteiger partial charge in [-0.1, -0.05) is 62.8 Å². The largest absolute Gasteiger partial charge is 0.371 e. The second-order valence-corrected chi connectivity index (χ2v) is 10.5. The van der Waals surface area contributed by atoms with Gasteiger partial charge in [0.15, 0.2) is 0 Å². The SMILES string of the molecule is CC(C)C[C@@H]1NC(=O)C(Cc2ccccc2)CCCC/C=C/CC2CC(NC1=O)C(O)N(C)C2=O. The number of benzene rings is 1. The number of carbonyl (C=O) groups is 3. The Balaban J connectivity index is 1.83. The molecule has 5 atom stereocenters. The van der Waals surface area contributed by atoms with Gasteiger partial charge in [0, 0.05) is 18.9 Å². The van der Waals surface area contributed by atoms with Crippen LogP contribution in [0, 0.1) is 17.8 Å². The molecule has 7 heteroatoms. The molecule has 7 nitrogen and oxygen atoms in total. The van der Waals surface area contributed by atoms with Gasteiger partial charge in [0.25, 0.3) is 0 Å². The monoisotopic (exact) mass is 483 g/mol. The summed E-state index contributed by atoms with van der Waals surface area (Å²) in [5, 5.41) is 16.7. The smallest absolute Gasteiger partial charge is 0.242 e. The molecule has 0 saturated carbocycles. The molecule has 2 aliphatic heterocycles. The summed E-state index contributed by atoms with van der Waals surface area (Å²) in [4.78, 5) is 40.7. The van der Waals surface area contributed by atoms with E-state index in [4.69, 9.17) is 0 Å². The molecule has 1 aromatic carbocycles. The summed E-state index contributed by atoms with van der Waals surface area (Å²) in [6, 6.07) is 8.72. The Morgan fingerprint density at radius 3 is 2.49 bits per heavy atom. The zero-order chi connectivity index (χ0) is 25.4. The number of hydrogen-bond donors (Lipinski definition) is 3. The fraction of sp³-hybridized carbons (Fsp3) is 0.607. The number of rotatable bonds is 4. The number of hydrogen-bond acceptors (Lipinski definition) is 4. The highest BCUT2D eigenvalue weighted by Crippen LogP contribution is 2.25. The second-order valence-electron chi connectivity index (χ2n) is 10.5. The molecule has 192 valence electrons. The first kappa shape index (κ1) is 26.9. The molecule has 3 amide bonds. The van der Waals surface area contributed by atoms with Gasteiger partial charge in [0.05, 0.1) is 6.04 Å². The molecule has 0 spiro atoms. The zero-order valence-electron chi connectivity index (χ0n) is 21.3. The summed E-state index contributed by atoms with van der Waals surface area (Å²) in [6.07, 6.45) is 8.66. The molecule has 3 rings (SSSR count). The van der Waals surface area contributed by atoms with Crippen LogP contribution in [0.25, 0.3) is 0 Å². The van der Waals surface area contributed by atoms with Crippen molar-refractivity contribution in [2.24, 2.45) is 17.8 Å². The number of aliphatic hydroxyl groups excluding tert-OH is 1. The number of amides is 3. The molecule has 1 aromatic rings. The van der Waals surface area contributed by atoms with Gasteiger partial charge in [0.2, 0.25) is 17.7 Å². The Kier molecular flexibility index (Phi) is 9.90. The minimum Gasteiger partial charge on any atom is -0.371 e. The first-order valence-electron chi connectivity index (χ1n) is 13.0. The molecule has 35 heavy (non-hydrogen) atoms. The third-order valence-electron chi connectivity index (χ3n) is 7.12. The average molecular weight is 484 g/mol. The first-order chi connectivity index (χ1) is 16.8. The van der Waals surface area contributed by atoms with Gasteiger partial charge in [-0.25, -0.2) is 0 Å². The molecule has 0 aliphatic carbocycles. The molecule has 3 N–H and O–H groups in total. The zero-order valence-corrected chi connectivity index (χ0v) is 21.3. The van der Waals surface area contributed by atoms with E-state index in [0.717, 1.165) is 31.2 Å². The van der Waals surface area contributed by atoms with Crippen LogP contribution in [0.1, 0.15) is 64.4 Å². The number of piperidine rings is 1. The van der Waals surface area contributed by atoms with Crippen LogP contribution in [0.3, 0.4) is 0 Å². The lowest BCUT2D eigenvalue weighted by atomic mass is 9.88. The molecule has 1 saturated heterocycles. The third-order valence-corrected chi connectivity index (χ3v) is 7.12. The second kappa shape index (κ2) is 12.9. The van der Waals surface area contributed by atoms with Gasteiger partial charge in [-0.2, -0.15) is 0 Å². The van der Waals surface area contributed by atoms with Gasteiger partial charge in [-0.3, -0.25) is 14.4 Å². The highest BCUT2D eigenvalue weighted by atomic mass is 16.3. The summed E-state index contributed by atoms with van der Waals surface area (Å²) in [7, 11) is 1.57. The Morgan fingerprint density at radius 2 is 1.77 bits per heavy atom. The summed E-state index contributed by atoms with van der Waals surface area (Å²) < 4.78 is 0. The van der Waals surface area contributed by atoms with Crippen LogP contribution in [-0.4, -0.2) is 53.1 Å². The number of fused-ring (bicyclic) bond motifs is 2. The average Bonchev–Trinajstić information content (AvgIpc) is 2.83. The van der Waals surface area contributed by atoms with Gasteiger partial charge in [-0.15, -0.1) is 0 Å². The van der Waals surface area contributed by atoms with Crippen LogP contribution in [0.5, 0.6) is 0 Å². The maximum atomic E-state index is 13.4. The van der Waals surface area contributed by atoms with Gasteiger partial charge >= 0.3 is 0 Å². The lowest BCUT2D eigenvalue weighted by Gasteiger charge is -2.40. The number of allylic oxidation sites excluding steroid dienone is 2. The number of nitrogens with one attached hydrogen (secondary N) is 2. The normalized spacial score (nSPS) is 30.0. The fourth-order valence-electron chi connectivity index (χ4n) is 5.08. The number of aliphatic hydroxyl groups is 1. The number of carbonyl (C=O) groups excluding carboxylic acids is 3. The van der Waals surface area contributed by atoms with Gasteiger partial charge < -0.3 is 20.6 Å². The van der Waals surface area contributed by atoms with E-state index in [2.05, 4.69) is 16.7 Å². The van der Waals surface area contributed by atoms with Crippen molar-refractivity contribution < 1.29 is 19.5 Å². The quantitative estimate of drug-likeness (QED) is 0.573. The van der Waals surface area contributed by atoms with E-state index in [-0.39, 0.29) is 35.5 Å². The van der Waals surface area contributed by atoms with Crippen molar-refractivity contribution in [3.63, 3.8) is 0 Å². The van der Waals surface area contributed by atoms with Crippen LogP contribution in [0.4, 0.5) is 0 Å². The molecule has 2 aliphatic rings. The van der Waals surface area contributed by atoms with E-state index in [9.17, 15) is 19.5 Å². The molecule has 0 aromatic heterocycles. The van der Waals surface area contributed by atoms with Crippen molar-refractivity contribution >= 4 is 17.7 Å². The highest BCUT2D eigenvalue weighted by Gasteiger charge is 2.40. The van der Waals surface area contributed by atoms with E-state index in [1.54, 1.807) is 7.05 Å². The molecule has 1 fully saturated rings. The van der Waals surface area contributed by atoms with Crippen molar-refractivity contribution in [3.05, 3.63) is 48.0 Å². The number of likely N-dealkylation sites (tertiary alicyclic amines) is 1. The van der Waals surface area contributed by atoms with Crippen molar-refractivity contribution in [1.82, 2.24) is 15.5 Å². The van der Waals surface area contributed by atoms with E-state index in [0.29, 0.717) is 25.7 Å². The first-order valence-corrected chi connectivity index (χ1v) is 13.0. The molecule has 0 radical (unpaired) electrons. The Bertz CT molecular complexity index is 885. The molecular formula is C28H41N3O4. The maximum Gasteiger partial charge on any atom is 0.242 e. The van der Waals surface area contributed by atoms with Crippen molar-refractivity contribution in [1.29, 1.82) is 0 Å². The van der Waals surface area contributed by atoms with Crippen molar-refractivity contribution in [3.8, 4) is 0 Å². The molecular weight excluding hydrogens is 442 g/mol. The van der Waals surface area contributed by atoms with Crippen LogP contribution < -0.4 is 10.6 Å². The summed E-state index contributed by atoms with van der Waals surface area (Å²) in [5.74, 6) is -0.825. The van der Waals surface area contributed by atoms with Crippen LogP contribution >= 0.6 is 0 Å². The van der Waals surface area contributed by atoms with E-state index < -0.39 is 18.3 Å². The predicted octanol–water partition coefficient (Wildman–Crippen LogP) is 3.18. The number of nitrogens with zero attached hydrogens (tertiary/aromatic N) is 1. The Labute approximate surface area is 209 Å². The van der Waals surface area contributed by atoms with Crippen molar-refractivity contribution in [2.45, 2.75) is 83.5 Å². The lowest BCUT2D eigenvalue weighted by molar-refractivity contribution is -0.155. The van der Waals surface area contributed by atoms with Gasteiger partial charge in [0.1, 0.15) is 12.3 Å². The highest BCUT2D eigenvalue weighted by molar-refractivity contribution is 5.89. The summed E-state index contributed by atoms with van der Waals surface area (Å²) >= 11 is 0. The van der Waals surface area contributed by atoms with Crippen LogP contribution in [0.15, 0.2) is 42.5 Å². The minimum atomic E-state index is -1.09. The summed E-state index contributed by atoms with van der Waals surface area (Å²) in [6.45, 7) is 4.04. The Hall–Kier alpha value is -2.67. The van der Waals surface area contributed by atoms with Gasteiger partial charge in [-0.05, 0) is 56.4 Å². The number of likely N-dealkylation sites (N-methyl/N-ethyl adjacent to an activating group) is 1. The fourth-order valence-corrected chi connectivity index (χ4v) is 5.08. The topological polar surface area (TPSA) is 98.7 Å². The summed E-state index contributed by atoms with van der Waals surface area (Å²) in [5.41, 5.74) is 1.11. The lowest BCUT2D eigenvalue weighted by Crippen LogP contribution is -2.61. The maximum absolute atomic E-state index is 13.4. The van der Waals surface area contributed by atoms with Crippen LogP contribution in [-0.2, 0) is 20.8 Å². The standard InChI is InChI=1S/C28H41N3O4/c1-19(2)16-23-26(33)30-24-18-22(27(34)31(3)28(24)35)15-11-6-4-5-10-14-21(25(32)29-23)17-20-12-8-7-9-13-20/h6-9,11-13,19,21-24,28,35H,4-5,10,14-18H2,1-3H3,(H,29,32)(H,30,33)/b11-6+/t21?,22?,23-,24?,28?/m0/s1. The molecule has 2 heterocycles. The minimum absolute atomic E-state index is 0.105. The van der Waals surface area contributed by atoms with Crippen molar-refractivity contribution in [2.75, 3.05) is 7.05 Å². The van der Waals surface area contributed by atoms with E-state index in [1.165, 1.54) is 4.90 Å². The molecule has 2 bridgehead atoms. The van der Waals surface area contributed by atoms with E-state index in [1.807, 2.05) is 50.3 Å². The Morgan fingerprint density at radius 1 is 1.03 bits per heavy atom. The third kappa shape index (κ3) is 7.66.